The molecule has 1 aromatic rings. The SMILES string of the molecule is Clc1sccc1C#CCBr. The molecule has 1 heterocycles. The van der Waals surface area contributed by atoms with Crippen molar-refractivity contribution in [3.8, 4) is 11.8 Å². The van der Waals surface area contributed by atoms with E-state index >= 15 is 0 Å². The topological polar surface area (TPSA) is 0 Å². The molecule has 0 saturated heterocycles. The van der Waals surface area contributed by atoms with Crippen molar-refractivity contribution in [2.75, 3.05) is 5.33 Å². The molecule has 0 N–H and O–H groups in total. The van der Waals surface area contributed by atoms with Crippen LogP contribution in [0.3, 0.4) is 0 Å². The van der Waals surface area contributed by atoms with Crippen LogP contribution in [0.15, 0.2) is 11.4 Å². The number of hydrogen-bond acceptors (Lipinski definition) is 1. The second-order valence-electron chi connectivity index (χ2n) is 1.54. The summed E-state index contributed by atoms with van der Waals surface area (Å²) in [5.74, 6) is 5.80. The minimum Gasteiger partial charge on any atom is -0.131 e. The highest BCUT2D eigenvalue weighted by atomic mass is 79.9. The summed E-state index contributed by atoms with van der Waals surface area (Å²) < 4.78 is 0.772. The van der Waals surface area contributed by atoms with E-state index in [4.69, 9.17) is 11.6 Å². The van der Waals surface area contributed by atoms with Gasteiger partial charge in [0.15, 0.2) is 0 Å². The highest BCUT2D eigenvalue weighted by Crippen LogP contribution is 2.21. The fraction of sp³-hybridized carbons (Fsp3) is 0.143. The molecule has 1 rings (SSSR count). The number of alkyl halides is 1. The van der Waals surface area contributed by atoms with Crippen LogP contribution >= 0.6 is 38.9 Å². The van der Waals surface area contributed by atoms with E-state index < -0.39 is 0 Å². The zero-order valence-corrected chi connectivity index (χ0v) is 8.18. The summed E-state index contributed by atoms with van der Waals surface area (Å²) in [6.45, 7) is 0. The predicted molar refractivity (Wildman–Crippen MR) is 50.0 cm³/mol. The van der Waals surface area contributed by atoms with E-state index in [-0.39, 0.29) is 0 Å². The van der Waals surface area contributed by atoms with Crippen molar-refractivity contribution in [3.63, 3.8) is 0 Å². The Kier molecular flexibility index (Phi) is 3.27. The molecule has 0 aliphatic rings. The molecular weight excluding hydrogens is 232 g/mol. The zero-order valence-electron chi connectivity index (χ0n) is 5.03. The van der Waals surface area contributed by atoms with E-state index in [2.05, 4.69) is 27.8 Å². The molecule has 52 valence electrons. The molecule has 0 radical (unpaired) electrons. The van der Waals surface area contributed by atoms with Crippen molar-refractivity contribution < 1.29 is 0 Å². The summed E-state index contributed by atoms with van der Waals surface area (Å²) in [5, 5.41) is 2.62. The Morgan fingerprint density at radius 1 is 1.70 bits per heavy atom. The van der Waals surface area contributed by atoms with Crippen molar-refractivity contribution in [2.45, 2.75) is 0 Å². The fourth-order valence-corrected chi connectivity index (χ4v) is 1.48. The Bertz CT molecular complexity index is 269. The lowest BCUT2D eigenvalue weighted by Gasteiger charge is -1.79. The van der Waals surface area contributed by atoms with Gasteiger partial charge in [0, 0.05) is 0 Å². The monoisotopic (exact) mass is 234 g/mol. The van der Waals surface area contributed by atoms with Crippen LogP contribution in [-0.4, -0.2) is 5.33 Å². The van der Waals surface area contributed by atoms with Gasteiger partial charge in [-0.15, -0.1) is 11.3 Å². The van der Waals surface area contributed by atoms with E-state index in [1.807, 2.05) is 11.4 Å². The first-order valence-electron chi connectivity index (χ1n) is 2.62. The Morgan fingerprint density at radius 2 is 2.50 bits per heavy atom. The van der Waals surface area contributed by atoms with Gasteiger partial charge in [-0.2, -0.15) is 0 Å². The Balaban J connectivity index is 2.84. The normalized spacial score (nSPS) is 8.60. The molecule has 0 aliphatic heterocycles. The molecule has 0 aromatic carbocycles. The molecule has 3 heteroatoms. The van der Waals surface area contributed by atoms with Crippen molar-refractivity contribution >= 4 is 38.9 Å². The van der Waals surface area contributed by atoms with Crippen LogP contribution in [0, 0.1) is 11.8 Å². The second-order valence-corrected chi connectivity index (χ2v) is 3.62. The maximum absolute atomic E-state index is 5.78. The minimum absolute atomic E-state index is 0.694. The van der Waals surface area contributed by atoms with Crippen LogP contribution < -0.4 is 0 Å². The van der Waals surface area contributed by atoms with E-state index in [9.17, 15) is 0 Å². The molecule has 0 spiro atoms. The molecule has 0 fully saturated rings. The van der Waals surface area contributed by atoms with Gasteiger partial charge < -0.3 is 0 Å². The minimum atomic E-state index is 0.694. The Labute approximate surface area is 77.3 Å². The largest absolute Gasteiger partial charge is 0.131 e. The van der Waals surface area contributed by atoms with Crippen LogP contribution in [0.5, 0.6) is 0 Å². The maximum Gasteiger partial charge on any atom is 0.108 e. The molecule has 1 aromatic heterocycles. The van der Waals surface area contributed by atoms with Gasteiger partial charge in [0.25, 0.3) is 0 Å². The van der Waals surface area contributed by atoms with Crippen molar-refractivity contribution in [3.05, 3.63) is 21.3 Å². The van der Waals surface area contributed by atoms with E-state index in [1.165, 1.54) is 11.3 Å². The molecule has 0 atom stereocenters. The summed E-state index contributed by atoms with van der Waals surface area (Å²) in [6, 6.07) is 1.92. The molecule has 0 saturated carbocycles. The van der Waals surface area contributed by atoms with Gasteiger partial charge in [-0.3, -0.25) is 0 Å². The van der Waals surface area contributed by atoms with Crippen molar-refractivity contribution in [1.82, 2.24) is 0 Å². The van der Waals surface area contributed by atoms with Gasteiger partial charge in [0.1, 0.15) is 4.34 Å². The summed E-state index contributed by atoms with van der Waals surface area (Å²) >= 11 is 10.5. The van der Waals surface area contributed by atoms with Gasteiger partial charge in [-0.1, -0.05) is 39.4 Å². The van der Waals surface area contributed by atoms with Crippen molar-refractivity contribution in [1.29, 1.82) is 0 Å². The standard InChI is InChI=1S/C7H4BrClS/c8-4-1-2-6-3-5-10-7(6)9/h3,5H,4H2. The third kappa shape index (κ3) is 2.02. The number of hydrogen-bond donors (Lipinski definition) is 0. The van der Waals surface area contributed by atoms with Crippen LogP contribution in [-0.2, 0) is 0 Å². The van der Waals surface area contributed by atoms with E-state index in [0.29, 0.717) is 5.33 Å². The van der Waals surface area contributed by atoms with Gasteiger partial charge >= 0.3 is 0 Å². The van der Waals surface area contributed by atoms with E-state index in [1.54, 1.807) is 0 Å². The number of halogens is 2. The lowest BCUT2D eigenvalue weighted by molar-refractivity contribution is 1.83. The predicted octanol–water partition coefficient (Wildman–Crippen LogP) is 3.15. The first-order valence-corrected chi connectivity index (χ1v) is 5.00. The van der Waals surface area contributed by atoms with E-state index in [0.717, 1.165) is 9.90 Å². The van der Waals surface area contributed by atoms with Gasteiger partial charge in [0.05, 0.1) is 10.9 Å². The Morgan fingerprint density at radius 3 is 3.00 bits per heavy atom. The fourth-order valence-electron chi connectivity index (χ4n) is 0.510. The van der Waals surface area contributed by atoms with Crippen LogP contribution in [0.2, 0.25) is 4.34 Å². The average Bonchev–Trinajstić information content (AvgIpc) is 2.31. The summed E-state index contributed by atoms with van der Waals surface area (Å²) in [6.07, 6.45) is 0. The van der Waals surface area contributed by atoms with Gasteiger partial charge in [0.2, 0.25) is 0 Å². The van der Waals surface area contributed by atoms with Crippen LogP contribution in [0.25, 0.3) is 0 Å². The molecule has 10 heavy (non-hydrogen) atoms. The maximum atomic E-state index is 5.78. The summed E-state index contributed by atoms with van der Waals surface area (Å²) in [5.41, 5.74) is 0.922. The number of thiophene rings is 1. The lowest BCUT2D eigenvalue weighted by Crippen LogP contribution is -1.66. The van der Waals surface area contributed by atoms with Crippen LogP contribution in [0.4, 0.5) is 0 Å². The molecular formula is C7H4BrClS. The first kappa shape index (κ1) is 8.13. The molecule has 0 aliphatic carbocycles. The second kappa shape index (κ2) is 4.02. The smallest absolute Gasteiger partial charge is 0.108 e. The molecule has 0 amide bonds. The third-order valence-electron chi connectivity index (χ3n) is 0.908. The third-order valence-corrected chi connectivity index (χ3v) is 2.36. The van der Waals surface area contributed by atoms with Gasteiger partial charge in [-0.25, -0.2) is 0 Å². The zero-order chi connectivity index (χ0) is 7.40. The molecule has 0 nitrogen and oxygen atoms in total. The molecule has 0 bridgehead atoms. The first-order chi connectivity index (χ1) is 4.84. The van der Waals surface area contributed by atoms with Crippen LogP contribution in [0.1, 0.15) is 5.56 Å². The summed E-state index contributed by atoms with van der Waals surface area (Å²) in [7, 11) is 0. The lowest BCUT2D eigenvalue weighted by atomic mass is 10.3. The highest BCUT2D eigenvalue weighted by molar-refractivity contribution is 9.09. The van der Waals surface area contributed by atoms with Gasteiger partial charge in [-0.05, 0) is 11.4 Å². The average molecular weight is 236 g/mol. The highest BCUT2D eigenvalue weighted by Gasteiger charge is 1.94. The number of rotatable bonds is 0. The quantitative estimate of drug-likeness (QED) is 0.479. The Hall–Kier alpha value is 0.0300. The van der Waals surface area contributed by atoms with Crippen molar-refractivity contribution in [2.24, 2.45) is 0 Å². The molecule has 0 unspecified atom stereocenters. The summed E-state index contributed by atoms with van der Waals surface area (Å²) in [4.78, 5) is 0.